The van der Waals surface area contributed by atoms with Crippen molar-refractivity contribution in [2.24, 2.45) is 5.92 Å². The normalized spacial score (nSPS) is 27.9. The first kappa shape index (κ1) is 12.2. The molecule has 90 valence electrons. The van der Waals surface area contributed by atoms with Gasteiger partial charge in [0.05, 0.1) is 0 Å². The van der Waals surface area contributed by atoms with Crippen molar-refractivity contribution in [1.82, 2.24) is 0 Å². The largest absolute Gasteiger partial charge is 0.0736 e. The van der Waals surface area contributed by atoms with Gasteiger partial charge in [0.25, 0.3) is 0 Å². The molecule has 17 heavy (non-hydrogen) atoms. The van der Waals surface area contributed by atoms with Crippen LogP contribution in [0.25, 0.3) is 0 Å². The van der Waals surface area contributed by atoms with Crippen molar-refractivity contribution in [2.45, 2.75) is 39.0 Å². The maximum absolute atomic E-state index is 2.37. The van der Waals surface area contributed by atoms with Gasteiger partial charge in [-0.3, -0.25) is 0 Å². The lowest BCUT2D eigenvalue weighted by Gasteiger charge is -2.38. The Kier molecular flexibility index (Phi) is 3.51. The maximum atomic E-state index is 2.37. The Morgan fingerprint density at radius 3 is 2.53 bits per heavy atom. The van der Waals surface area contributed by atoms with E-state index >= 15 is 0 Å². The van der Waals surface area contributed by atoms with E-state index < -0.39 is 0 Å². The van der Waals surface area contributed by atoms with Gasteiger partial charge >= 0.3 is 0 Å². The van der Waals surface area contributed by atoms with E-state index in [-0.39, 0.29) is 5.41 Å². The first-order valence-corrected chi connectivity index (χ1v) is 6.60. The molecule has 0 nitrogen and oxygen atoms in total. The Labute approximate surface area is 105 Å². The Morgan fingerprint density at radius 1 is 1.18 bits per heavy atom. The number of hydrogen-bond acceptors (Lipinski definition) is 0. The average molecular weight is 226 g/mol. The molecular weight excluding hydrogens is 204 g/mol. The van der Waals surface area contributed by atoms with Crippen LogP contribution < -0.4 is 0 Å². The van der Waals surface area contributed by atoms with Crippen molar-refractivity contribution in [1.29, 1.82) is 0 Å². The first-order chi connectivity index (χ1) is 8.18. The lowest BCUT2D eigenvalue weighted by molar-refractivity contribution is 0.376. The molecule has 2 atom stereocenters. The zero-order valence-corrected chi connectivity index (χ0v) is 11.1. The molecule has 0 fully saturated rings. The third kappa shape index (κ3) is 2.22. The molecule has 0 aromatic heterocycles. The Balaban J connectivity index is 2.41. The topological polar surface area (TPSA) is 0 Å². The van der Waals surface area contributed by atoms with Crippen LogP contribution in [0.5, 0.6) is 0 Å². The molecule has 0 saturated heterocycles. The van der Waals surface area contributed by atoms with Crippen LogP contribution in [0.15, 0.2) is 54.1 Å². The molecule has 1 aliphatic rings. The fourth-order valence-corrected chi connectivity index (χ4v) is 3.02. The second-order valence-corrected chi connectivity index (χ2v) is 5.26. The molecule has 0 heteroatoms. The number of rotatable bonds is 3. The highest BCUT2D eigenvalue weighted by Crippen LogP contribution is 2.42. The van der Waals surface area contributed by atoms with Crippen LogP contribution in [0.3, 0.4) is 0 Å². The zero-order valence-electron chi connectivity index (χ0n) is 11.1. The van der Waals surface area contributed by atoms with E-state index in [1.165, 1.54) is 24.0 Å². The second kappa shape index (κ2) is 4.91. The minimum atomic E-state index is 0.163. The molecule has 2 rings (SSSR count). The van der Waals surface area contributed by atoms with Gasteiger partial charge in [-0.1, -0.05) is 74.4 Å². The summed E-state index contributed by atoms with van der Waals surface area (Å²) in [6, 6.07) is 10.9. The molecule has 0 heterocycles. The van der Waals surface area contributed by atoms with Crippen molar-refractivity contribution in [2.75, 3.05) is 0 Å². The molecule has 0 bridgehead atoms. The third-order valence-electron chi connectivity index (χ3n) is 4.05. The van der Waals surface area contributed by atoms with E-state index in [0.29, 0.717) is 5.92 Å². The summed E-state index contributed by atoms with van der Waals surface area (Å²) >= 11 is 0. The second-order valence-electron chi connectivity index (χ2n) is 5.26. The number of allylic oxidation sites excluding steroid dienone is 4. The summed E-state index contributed by atoms with van der Waals surface area (Å²) in [6.07, 6.45) is 9.36. The predicted molar refractivity (Wildman–Crippen MR) is 75.1 cm³/mol. The number of hydrogen-bond donors (Lipinski definition) is 0. The maximum Gasteiger partial charge on any atom is 0.0172 e. The quantitative estimate of drug-likeness (QED) is 0.689. The summed E-state index contributed by atoms with van der Waals surface area (Å²) in [5.41, 5.74) is 3.11. The van der Waals surface area contributed by atoms with Crippen molar-refractivity contribution >= 4 is 0 Å². The van der Waals surface area contributed by atoms with Gasteiger partial charge in [-0.05, 0) is 24.8 Å². The zero-order chi connectivity index (χ0) is 12.3. The van der Waals surface area contributed by atoms with E-state index in [9.17, 15) is 0 Å². The molecule has 1 aromatic carbocycles. The number of benzene rings is 1. The molecule has 0 aliphatic heterocycles. The van der Waals surface area contributed by atoms with Crippen LogP contribution in [0.4, 0.5) is 0 Å². The molecule has 0 radical (unpaired) electrons. The highest BCUT2D eigenvalue weighted by molar-refractivity contribution is 5.39. The van der Waals surface area contributed by atoms with Gasteiger partial charge in [0, 0.05) is 5.41 Å². The highest BCUT2D eigenvalue weighted by Gasteiger charge is 2.35. The van der Waals surface area contributed by atoms with Gasteiger partial charge in [0.15, 0.2) is 0 Å². The van der Waals surface area contributed by atoms with Crippen LogP contribution in [0, 0.1) is 5.92 Å². The Bertz CT molecular complexity index is 425. The summed E-state index contributed by atoms with van der Waals surface area (Å²) in [4.78, 5) is 0. The van der Waals surface area contributed by atoms with Crippen molar-refractivity contribution < 1.29 is 0 Å². The van der Waals surface area contributed by atoms with Crippen LogP contribution in [-0.2, 0) is 5.41 Å². The minimum Gasteiger partial charge on any atom is -0.0736 e. The van der Waals surface area contributed by atoms with Crippen LogP contribution in [0.2, 0.25) is 0 Å². The molecule has 0 saturated carbocycles. The monoisotopic (exact) mass is 226 g/mol. The van der Waals surface area contributed by atoms with E-state index in [2.05, 4.69) is 69.3 Å². The molecule has 0 amide bonds. The Morgan fingerprint density at radius 2 is 1.88 bits per heavy atom. The van der Waals surface area contributed by atoms with Crippen molar-refractivity contribution in [3.63, 3.8) is 0 Å². The third-order valence-corrected chi connectivity index (χ3v) is 4.05. The molecule has 1 aromatic rings. The van der Waals surface area contributed by atoms with Crippen LogP contribution >= 0.6 is 0 Å². The summed E-state index contributed by atoms with van der Waals surface area (Å²) < 4.78 is 0. The Hall–Kier alpha value is -1.30. The van der Waals surface area contributed by atoms with Gasteiger partial charge in [0.2, 0.25) is 0 Å². The van der Waals surface area contributed by atoms with Gasteiger partial charge in [-0.25, -0.2) is 0 Å². The lowest BCUT2D eigenvalue weighted by atomic mass is 9.65. The van der Waals surface area contributed by atoms with E-state index in [0.717, 1.165) is 0 Å². The van der Waals surface area contributed by atoms with Gasteiger partial charge in [0.1, 0.15) is 0 Å². The molecular formula is C17H22. The van der Waals surface area contributed by atoms with Gasteiger partial charge in [-0.2, -0.15) is 0 Å². The summed E-state index contributed by atoms with van der Waals surface area (Å²) in [6.45, 7) is 6.91. The van der Waals surface area contributed by atoms with Gasteiger partial charge in [-0.15, -0.1) is 0 Å². The lowest BCUT2D eigenvalue weighted by Crippen LogP contribution is -2.32. The average Bonchev–Trinajstić information content (AvgIpc) is 2.35. The minimum absolute atomic E-state index is 0.163. The first-order valence-electron chi connectivity index (χ1n) is 6.60. The van der Waals surface area contributed by atoms with E-state index in [1.54, 1.807) is 0 Å². The molecule has 1 aliphatic carbocycles. The van der Waals surface area contributed by atoms with Crippen molar-refractivity contribution in [3.8, 4) is 0 Å². The SMILES string of the molecule is CCCC1C(C)=CC=CC1(C)c1ccccc1. The summed E-state index contributed by atoms with van der Waals surface area (Å²) in [7, 11) is 0. The smallest absolute Gasteiger partial charge is 0.0172 e. The van der Waals surface area contributed by atoms with Gasteiger partial charge < -0.3 is 0 Å². The van der Waals surface area contributed by atoms with Crippen LogP contribution in [-0.4, -0.2) is 0 Å². The van der Waals surface area contributed by atoms with E-state index in [1.807, 2.05) is 0 Å². The fourth-order valence-electron chi connectivity index (χ4n) is 3.02. The standard InChI is InChI=1S/C17H22/c1-4-9-16-14(2)10-8-13-17(16,3)15-11-6-5-7-12-15/h5-8,10-13,16H,4,9H2,1-3H3. The molecule has 2 unspecified atom stereocenters. The highest BCUT2D eigenvalue weighted by atomic mass is 14.4. The summed E-state index contributed by atoms with van der Waals surface area (Å²) in [5.74, 6) is 0.639. The molecule has 0 spiro atoms. The van der Waals surface area contributed by atoms with Crippen molar-refractivity contribution in [3.05, 3.63) is 59.7 Å². The predicted octanol–water partition coefficient (Wildman–Crippen LogP) is 4.88. The molecule has 0 N–H and O–H groups in total. The van der Waals surface area contributed by atoms with E-state index in [4.69, 9.17) is 0 Å². The summed E-state index contributed by atoms with van der Waals surface area (Å²) in [5, 5.41) is 0. The fraction of sp³-hybridized carbons (Fsp3) is 0.412. The van der Waals surface area contributed by atoms with Crippen LogP contribution in [0.1, 0.15) is 39.2 Å².